The molecule has 0 unspecified atom stereocenters. The molecule has 4 nitrogen and oxygen atoms in total. The summed E-state index contributed by atoms with van der Waals surface area (Å²) in [5, 5.41) is 0.761. The van der Waals surface area contributed by atoms with Crippen molar-refractivity contribution < 1.29 is 4.79 Å². The minimum Gasteiger partial charge on any atom is -0.336 e. The molecular weight excluding hydrogens is 298 g/mol. The quantitative estimate of drug-likeness (QED) is 0.874. The zero-order chi connectivity index (χ0) is 15.4. The lowest BCUT2D eigenvalue weighted by molar-refractivity contribution is 0.0628. The Hall–Kier alpha value is -1.91. The Kier molecular flexibility index (Phi) is 4.71. The molecule has 1 amide bonds. The summed E-state index contributed by atoms with van der Waals surface area (Å²) in [7, 11) is 0. The molecule has 2 heterocycles. The molecule has 1 aliphatic rings. The maximum absolute atomic E-state index is 12.4. The second kappa shape index (κ2) is 6.90. The molecule has 0 spiro atoms. The van der Waals surface area contributed by atoms with E-state index in [0.29, 0.717) is 5.56 Å². The van der Waals surface area contributed by atoms with Gasteiger partial charge in [-0.1, -0.05) is 23.7 Å². The van der Waals surface area contributed by atoms with Gasteiger partial charge in [-0.3, -0.25) is 14.7 Å². The first-order chi connectivity index (χ1) is 10.7. The summed E-state index contributed by atoms with van der Waals surface area (Å²) in [6, 6.07) is 11.5. The number of carbonyl (C=O) groups excluding carboxylic acids is 1. The minimum absolute atomic E-state index is 0.0912. The van der Waals surface area contributed by atoms with Crippen molar-refractivity contribution in [2.24, 2.45) is 0 Å². The van der Waals surface area contributed by atoms with Crippen LogP contribution in [0.3, 0.4) is 0 Å². The van der Waals surface area contributed by atoms with Crippen LogP contribution in [0.15, 0.2) is 48.8 Å². The van der Waals surface area contributed by atoms with Gasteiger partial charge in [-0.25, -0.2) is 0 Å². The molecule has 0 N–H and O–H groups in total. The molecule has 3 rings (SSSR count). The molecule has 0 bridgehead atoms. The van der Waals surface area contributed by atoms with Gasteiger partial charge in [0.2, 0.25) is 0 Å². The largest absolute Gasteiger partial charge is 0.336 e. The van der Waals surface area contributed by atoms with Gasteiger partial charge in [-0.05, 0) is 29.8 Å². The number of halogens is 1. The maximum Gasteiger partial charge on any atom is 0.254 e. The van der Waals surface area contributed by atoms with Crippen LogP contribution >= 0.6 is 11.6 Å². The molecule has 22 heavy (non-hydrogen) atoms. The van der Waals surface area contributed by atoms with Crippen LogP contribution in [0, 0.1) is 0 Å². The Labute approximate surface area is 135 Å². The first-order valence-electron chi connectivity index (χ1n) is 7.38. The number of pyridine rings is 1. The monoisotopic (exact) mass is 315 g/mol. The number of aromatic nitrogens is 1. The zero-order valence-corrected chi connectivity index (χ0v) is 13.0. The van der Waals surface area contributed by atoms with Crippen LogP contribution in [0.5, 0.6) is 0 Å². The molecule has 0 saturated carbocycles. The van der Waals surface area contributed by atoms with Crippen molar-refractivity contribution in [3.05, 3.63) is 64.9 Å². The third-order valence-electron chi connectivity index (χ3n) is 3.91. The smallest absolute Gasteiger partial charge is 0.254 e. The van der Waals surface area contributed by atoms with Gasteiger partial charge in [0.1, 0.15) is 0 Å². The number of hydrogen-bond donors (Lipinski definition) is 0. The van der Waals surface area contributed by atoms with Crippen LogP contribution in [-0.4, -0.2) is 46.9 Å². The minimum atomic E-state index is 0.0912. The van der Waals surface area contributed by atoms with Crippen molar-refractivity contribution in [3.63, 3.8) is 0 Å². The van der Waals surface area contributed by atoms with Crippen molar-refractivity contribution in [2.45, 2.75) is 6.54 Å². The molecule has 1 aromatic heterocycles. The van der Waals surface area contributed by atoms with E-state index in [1.165, 1.54) is 5.56 Å². The lowest BCUT2D eigenvalue weighted by Crippen LogP contribution is -2.48. The van der Waals surface area contributed by atoms with Crippen molar-refractivity contribution in [2.75, 3.05) is 26.2 Å². The molecule has 2 aromatic rings. The number of benzene rings is 1. The van der Waals surface area contributed by atoms with Gasteiger partial charge < -0.3 is 4.90 Å². The molecule has 1 aliphatic heterocycles. The molecule has 0 atom stereocenters. The Balaban J connectivity index is 1.54. The molecular formula is C17H18ClN3O. The van der Waals surface area contributed by atoms with Gasteiger partial charge in [-0.15, -0.1) is 0 Å². The lowest BCUT2D eigenvalue weighted by Gasteiger charge is -2.34. The predicted octanol–water partition coefficient (Wildman–Crippen LogP) is 2.69. The molecule has 0 radical (unpaired) electrons. The molecule has 114 valence electrons. The molecule has 0 aliphatic carbocycles. The van der Waals surface area contributed by atoms with Crippen LogP contribution < -0.4 is 0 Å². The van der Waals surface area contributed by atoms with E-state index in [2.05, 4.69) is 22.0 Å². The van der Waals surface area contributed by atoms with Gasteiger partial charge in [-0.2, -0.15) is 0 Å². The highest BCUT2D eigenvalue weighted by atomic mass is 35.5. The van der Waals surface area contributed by atoms with Gasteiger partial charge in [0, 0.05) is 55.7 Å². The van der Waals surface area contributed by atoms with E-state index in [9.17, 15) is 4.79 Å². The van der Waals surface area contributed by atoms with Crippen LogP contribution in [0.1, 0.15) is 15.9 Å². The van der Waals surface area contributed by atoms with Crippen molar-refractivity contribution >= 4 is 17.5 Å². The highest BCUT2D eigenvalue weighted by Gasteiger charge is 2.21. The summed E-state index contributed by atoms with van der Waals surface area (Å²) in [4.78, 5) is 20.6. The van der Waals surface area contributed by atoms with Crippen LogP contribution in [0.4, 0.5) is 0 Å². The van der Waals surface area contributed by atoms with E-state index >= 15 is 0 Å². The number of piperazine rings is 1. The van der Waals surface area contributed by atoms with E-state index in [-0.39, 0.29) is 5.91 Å². The molecule has 1 aromatic carbocycles. The summed E-state index contributed by atoms with van der Waals surface area (Å²) >= 11 is 5.90. The molecule has 1 saturated heterocycles. The van der Waals surface area contributed by atoms with Crippen LogP contribution in [0.2, 0.25) is 5.02 Å². The topological polar surface area (TPSA) is 36.4 Å². The number of nitrogens with zero attached hydrogens (tertiary/aromatic N) is 3. The fraction of sp³-hybridized carbons (Fsp3) is 0.294. The summed E-state index contributed by atoms with van der Waals surface area (Å²) in [5.41, 5.74) is 1.96. The van der Waals surface area contributed by atoms with E-state index in [1.54, 1.807) is 24.5 Å². The summed E-state index contributed by atoms with van der Waals surface area (Å²) in [6.45, 7) is 4.19. The summed E-state index contributed by atoms with van der Waals surface area (Å²) in [6.07, 6.45) is 3.31. The number of hydrogen-bond acceptors (Lipinski definition) is 3. The average Bonchev–Trinajstić information content (AvgIpc) is 2.58. The molecule has 5 heteroatoms. The number of rotatable bonds is 3. The van der Waals surface area contributed by atoms with E-state index in [0.717, 1.165) is 37.7 Å². The van der Waals surface area contributed by atoms with Gasteiger partial charge in [0.05, 0.1) is 0 Å². The average molecular weight is 316 g/mol. The highest BCUT2D eigenvalue weighted by Crippen LogP contribution is 2.14. The van der Waals surface area contributed by atoms with Crippen molar-refractivity contribution in [1.29, 1.82) is 0 Å². The number of carbonyl (C=O) groups is 1. The van der Waals surface area contributed by atoms with E-state index < -0.39 is 0 Å². The Morgan fingerprint density at radius 1 is 1.00 bits per heavy atom. The fourth-order valence-electron chi connectivity index (χ4n) is 2.63. The SMILES string of the molecule is O=C(c1ccncc1)N1CCN(Cc2ccc(Cl)cc2)CC1. The second-order valence-corrected chi connectivity index (χ2v) is 5.87. The van der Waals surface area contributed by atoms with Crippen molar-refractivity contribution in [1.82, 2.24) is 14.8 Å². The normalized spacial score (nSPS) is 15.8. The Morgan fingerprint density at radius 2 is 1.64 bits per heavy atom. The van der Waals surface area contributed by atoms with Gasteiger partial charge in [0.15, 0.2) is 0 Å². The van der Waals surface area contributed by atoms with Crippen molar-refractivity contribution in [3.8, 4) is 0 Å². The zero-order valence-electron chi connectivity index (χ0n) is 12.3. The van der Waals surface area contributed by atoms with E-state index in [4.69, 9.17) is 11.6 Å². The van der Waals surface area contributed by atoms with Crippen LogP contribution in [-0.2, 0) is 6.54 Å². The second-order valence-electron chi connectivity index (χ2n) is 5.43. The first-order valence-corrected chi connectivity index (χ1v) is 7.76. The predicted molar refractivity (Wildman–Crippen MR) is 86.9 cm³/mol. The summed E-state index contributed by atoms with van der Waals surface area (Å²) in [5.74, 6) is 0.0912. The lowest BCUT2D eigenvalue weighted by atomic mass is 10.2. The third-order valence-corrected chi connectivity index (χ3v) is 4.16. The van der Waals surface area contributed by atoms with Gasteiger partial charge >= 0.3 is 0 Å². The summed E-state index contributed by atoms with van der Waals surface area (Å²) < 4.78 is 0. The van der Waals surface area contributed by atoms with E-state index in [1.807, 2.05) is 17.0 Å². The maximum atomic E-state index is 12.4. The third kappa shape index (κ3) is 3.64. The highest BCUT2D eigenvalue weighted by molar-refractivity contribution is 6.30. The Morgan fingerprint density at radius 3 is 2.27 bits per heavy atom. The van der Waals surface area contributed by atoms with Gasteiger partial charge in [0.25, 0.3) is 5.91 Å². The van der Waals surface area contributed by atoms with Crippen LogP contribution in [0.25, 0.3) is 0 Å². The first kappa shape index (κ1) is 15.0. The number of amides is 1. The standard InChI is InChI=1S/C17H18ClN3O/c18-16-3-1-14(2-4-16)13-20-9-11-21(12-10-20)17(22)15-5-7-19-8-6-15/h1-8H,9-13H2. The molecule has 1 fully saturated rings. The Bertz CT molecular complexity index is 622. The fourth-order valence-corrected chi connectivity index (χ4v) is 2.76.